The van der Waals surface area contributed by atoms with Gasteiger partial charge in [0, 0.05) is 12.2 Å². The van der Waals surface area contributed by atoms with Crippen LogP contribution in [0.4, 0.5) is 10.7 Å². The van der Waals surface area contributed by atoms with Crippen molar-refractivity contribution in [2.45, 2.75) is 17.9 Å². The molecule has 3 N–H and O–H groups in total. The summed E-state index contributed by atoms with van der Waals surface area (Å²) >= 11 is 1.22. The second-order valence-corrected chi connectivity index (χ2v) is 7.06. The fraction of sp³-hybridized carbons (Fsp3) is 0.235. The summed E-state index contributed by atoms with van der Waals surface area (Å²) in [5, 5.41) is 18.3. The number of amides is 2. The van der Waals surface area contributed by atoms with Gasteiger partial charge in [-0.15, -0.1) is 11.3 Å². The number of carbonyl (C=O) groups is 2. The molecule has 120 valence electrons. The van der Waals surface area contributed by atoms with Gasteiger partial charge < -0.3 is 16.0 Å². The van der Waals surface area contributed by atoms with Gasteiger partial charge in [-0.1, -0.05) is 18.2 Å². The molecule has 2 atom stereocenters. The predicted molar refractivity (Wildman–Crippen MR) is 90.8 cm³/mol. The predicted octanol–water partition coefficient (Wildman–Crippen LogP) is 1.81. The Bertz CT molecular complexity index is 885. The van der Waals surface area contributed by atoms with Gasteiger partial charge >= 0.3 is 0 Å². The van der Waals surface area contributed by atoms with Crippen LogP contribution >= 0.6 is 11.3 Å². The lowest BCUT2D eigenvalue weighted by Crippen LogP contribution is -2.39. The molecule has 1 aromatic heterocycles. The lowest BCUT2D eigenvalue weighted by atomic mass is 9.79. The molecular formula is C17H14N4O2S. The van der Waals surface area contributed by atoms with Gasteiger partial charge in [0.2, 0.25) is 11.8 Å². The van der Waals surface area contributed by atoms with Crippen molar-refractivity contribution in [1.82, 2.24) is 5.32 Å². The van der Waals surface area contributed by atoms with Crippen molar-refractivity contribution in [3.05, 3.63) is 46.8 Å². The molecular weight excluding hydrogens is 324 g/mol. The molecule has 24 heavy (non-hydrogen) atoms. The number of nitrogens with one attached hydrogen (secondary N) is 3. The Kier molecular flexibility index (Phi) is 3.28. The average Bonchev–Trinajstić information content (AvgIpc) is 3.28. The third kappa shape index (κ3) is 2.15. The first-order chi connectivity index (χ1) is 11.6. The van der Waals surface area contributed by atoms with E-state index < -0.39 is 11.5 Å². The van der Waals surface area contributed by atoms with Gasteiger partial charge in [-0.25, -0.2) is 0 Å². The molecule has 6 nitrogen and oxygen atoms in total. The molecule has 0 radical (unpaired) electrons. The number of carbonyl (C=O) groups excluding carboxylic acids is 2. The highest BCUT2D eigenvalue weighted by Crippen LogP contribution is 2.43. The third-order valence-electron chi connectivity index (χ3n) is 4.59. The minimum atomic E-state index is -0.689. The van der Waals surface area contributed by atoms with Crippen LogP contribution < -0.4 is 16.0 Å². The van der Waals surface area contributed by atoms with Crippen LogP contribution in [-0.4, -0.2) is 24.4 Å². The number of nitrogens with zero attached hydrogens (tertiary/aromatic N) is 1. The van der Waals surface area contributed by atoms with Gasteiger partial charge in [0.1, 0.15) is 17.0 Å². The number of thiophene rings is 1. The van der Waals surface area contributed by atoms with Crippen molar-refractivity contribution in [3.8, 4) is 6.07 Å². The third-order valence-corrected chi connectivity index (χ3v) is 5.50. The van der Waals surface area contributed by atoms with Gasteiger partial charge in [0.25, 0.3) is 0 Å². The lowest BCUT2D eigenvalue weighted by molar-refractivity contribution is -0.125. The molecule has 2 unspecified atom stereocenters. The second-order valence-electron chi connectivity index (χ2n) is 5.98. The summed E-state index contributed by atoms with van der Waals surface area (Å²) < 4.78 is 0. The summed E-state index contributed by atoms with van der Waals surface area (Å²) in [5.74, 6) is -0.375. The smallest absolute Gasteiger partial charge is 0.247 e. The maximum Gasteiger partial charge on any atom is 0.247 e. The number of fused-ring (bicyclic) bond motifs is 2. The van der Waals surface area contributed by atoms with Crippen molar-refractivity contribution < 1.29 is 9.59 Å². The van der Waals surface area contributed by atoms with Crippen LogP contribution in [0.2, 0.25) is 0 Å². The molecule has 4 rings (SSSR count). The van der Waals surface area contributed by atoms with Crippen molar-refractivity contribution in [3.63, 3.8) is 0 Å². The number of hydrogen-bond acceptors (Lipinski definition) is 5. The highest BCUT2D eigenvalue weighted by Gasteiger charge is 2.53. The van der Waals surface area contributed by atoms with E-state index in [4.69, 9.17) is 5.26 Å². The molecule has 1 aromatic carbocycles. The highest BCUT2D eigenvalue weighted by atomic mass is 32.1. The van der Waals surface area contributed by atoms with E-state index in [0.29, 0.717) is 22.8 Å². The molecule has 1 spiro atoms. The fourth-order valence-electron chi connectivity index (χ4n) is 3.40. The Balaban J connectivity index is 1.54. The summed E-state index contributed by atoms with van der Waals surface area (Å²) in [6, 6.07) is 12.5. The van der Waals surface area contributed by atoms with Crippen molar-refractivity contribution >= 4 is 33.8 Å². The SMILES string of the molecule is N#Cc1ccc(NC(=O)C2CC3(CNc4ccccc43)C(=O)N2)s1. The molecule has 0 bridgehead atoms. The molecule has 1 saturated heterocycles. The standard InChI is InChI=1S/C17H14N4O2S/c18-8-10-5-6-14(24-10)21-15(22)13-7-17(16(23)20-13)9-19-12-4-2-1-3-11(12)17/h1-6,13,19H,7,9H2,(H,20,23)(H,21,22). The maximum atomic E-state index is 12.6. The number of para-hydroxylation sites is 1. The molecule has 0 aliphatic carbocycles. The lowest BCUT2D eigenvalue weighted by Gasteiger charge is -2.19. The van der Waals surface area contributed by atoms with Crippen molar-refractivity contribution in [2.75, 3.05) is 17.2 Å². The number of hydrogen-bond donors (Lipinski definition) is 3. The van der Waals surface area contributed by atoms with Crippen LogP contribution in [-0.2, 0) is 15.0 Å². The van der Waals surface area contributed by atoms with Crippen LogP contribution in [0, 0.1) is 11.3 Å². The average molecular weight is 338 g/mol. The monoisotopic (exact) mass is 338 g/mol. The Morgan fingerprint density at radius 1 is 1.33 bits per heavy atom. The normalized spacial score (nSPS) is 24.1. The van der Waals surface area contributed by atoms with Crippen LogP contribution in [0.25, 0.3) is 0 Å². The first kappa shape index (κ1) is 14.7. The van der Waals surface area contributed by atoms with E-state index in [2.05, 4.69) is 16.0 Å². The summed E-state index contributed by atoms with van der Waals surface area (Å²) in [4.78, 5) is 25.6. The molecule has 2 aliphatic rings. The van der Waals surface area contributed by atoms with E-state index >= 15 is 0 Å². The van der Waals surface area contributed by atoms with Crippen LogP contribution in [0.1, 0.15) is 16.9 Å². The largest absolute Gasteiger partial charge is 0.383 e. The van der Waals surface area contributed by atoms with E-state index in [1.807, 2.05) is 30.3 Å². The van der Waals surface area contributed by atoms with Gasteiger partial charge in [0.15, 0.2) is 0 Å². The van der Waals surface area contributed by atoms with Crippen LogP contribution in [0.15, 0.2) is 36.4 Å². The molecule has 1 fully saturated rings. The van der Waals surface area contributed by atoms with Gasteiger partial charge in [-0.3, -0.25) is 9.59 Å². The van der Waals surface area contributed by atoms with Gasteiger partial charge in [-0.2, -0.15) is 5.26 Å². The Labute approximate surface area is 142 Å². The minimum Gasteiger partial charge on any atom is -0.383 e. The first-order valence-corrected chi connectivity index (χ1v) is 8.39. The molecule has 3 heterocycles. The van der Waals surface area contributed by atoms with Gasteiger partial charge in [0.05, 0.1) is 10.4 Å². The van der Waals surface area contributed by atoms with E-state index in [1.165, 1.54) is 11.3 Å². The zero-order chi connectivity index (χ0) is 16.7. The first-order valence-electron chi connectivity index (χ1n) is 7.57. The Morgan fingerprint density at radius 3 is 2.96 bits per heavy atom. The number of nitriles is 1. The van der Waals surface area contributed by atoms with E-state index in [9.17, 15) is 9.59 Å². The molecule has 0 saturated carbocycles. The minimum absolute atomic E-state index is 0.121. The van der Waals surface area contributed by atoms with E-state index in [1.54, 1.807) is 12.1 Å². The van der Waals surface area contributed by atoms with Crippen molar-refractivity contribution in [2.24, 2.45) is 0 Å². The number of benzene rings is 1. The summed E-state index contributed by atoms with van der Waals surface area (Å²) in [5.41, 5.74) is 1.21. The summed E-state index contributed by atoms with van der Waals surface area (Å²) in [6.45, 7) is 0.500. The quantitative estimate of drug-likeness (QED) is 0.778. The van der Waals surface area contributed by atoms with Crippen LogP contribution in [0.5, 0.6) is 0 Å². The van der Waals surface area contributed by atoms with E-state index in [0.717, 1.165) is 11.3 Å². The number of rotatable bonds is 2. The summed E-state index contributed by atoms with van der Waals surface area (Å²) in [7, 11) is 0. The fourth-order valence-corrected chi connectivity index (χ4v) is 4.11. The Hall–Kier alpha value is -2.85. The highest BCUT2D eigenvalue weighted by molar-refractivity contribution is 7.16. The summed E-state index contributed by atoms with van der Waals surface area (Å²) in [6.07, 6.45) is 0.415. The molecule has 7 heteroatoms. The second kappa shape index (κ2) is 5.35. The zero-order valence-electron chi connectivity index (χ0n) is 12.6. The molecule has 2 aromatic rings. The maximum absolute atomic E-state index is 12.6. The molecule has 2 aliphatic heterocycles. The Morgan fingerprint density at radius 2 is 2.17 bits per heavy atom. The van der Waals surface area contributed by atoms with Gasteiger partial charge in [-0.05, 0) is 30.2 Å². The molecule has 2 amide bonds. The van der Waals surface area contributed by atoms with Crippen molar-refractivity contribution in [1.29, 1.82) is 5.26 Å². The zero-order valence-corrected chi connectivity index (χ0v) is 13.4. The topological polar surface area (TPSA) is 94.0 Å². The van der Waals surface area contributed by atoms with Crippen LogP contribution in [0.3, 0.4) is 0 Å². The number of anilines is 2. The van der Waals surface area contributed by atoms with E-state index in [-0.39, 0.29) is 11.8 Å².